The molecule has 0 fully saturated rings. The van der Waals surface area contributed by atoms with Crippen molar-refractivity contribution in [3.63, 3.8) is 0 Å². The fourth-order valence-corrected chi connectivity index (χ4v) is 4.10. The number of fused-ring (bicyclic) bond motifs is 2. The van der Waals surface area contributed by atoms with Crippen molar-refractivity contribution in [3.05, 3.63) is 69.2 Å². The zero-order valence-corrected chi connectivity index (χ0v) is 17.5. The summed E-state index contributed by atoms with van der Waals surface area (Å²) in [6, 6.07) is 3.64. The average molecular weight is 401 g/mol. The van der Waals surface area contributed by atoms with E-state index in [1.54, 1.807) is 0 Å². The third-order valence-corrected chi connectivity index (χ3v) is 6.14. The van der Waals surface area contributed by atoms with Gasteiger partial charge in [0.25, 0.3) is 5.56 Å². The SMILES string of the molecule is Cc1c(N2CCc3ncc(-c4cnn(C)c4C)cc3C2)nn2c(=O)ccnc2c1C. The summed E-state index contributed by atoms with van der Waals surface area (Å²) in [5, 5.41) is 9.02. The third-order valence-electron chi connectivity index (χ3n) is 6.14. The van der Waals surface area contributed by atoms with Crippen LogP contribution in [-0.4, -0.2) is 35.9 Å². The monoisotopic (exact) mass is 401 g/mol. The predicted octanol–water partition coefficient (Wildman–Crippen LogP) is 2.37. The lowest BCUT2D eigenvalue weighted by Crippen LogP contribution is -2.33. The molecule has 0 bridgehead atoms. The Morgan fingerprint density at radius 2 is 1.90 bits per heavy atom. The highest BCUT2D eigenvalue weighted by atomic mass is 16.1. The second kappa shape index (κ2) is 6.76. The van der Waals surface area contributed by atoms with Crippen LogP contribution in [0.2, 0.25) is 0 Å². The van der Waals surface area contributed by atoms with Gasteiger partial charge in [-0.25, -0.2) is 4.98 Å². The second-order valence-electron chi connectivity index (χ2n) is 7.86. The van der Waals surface area contributed by atoms with E-state index in [1.165, 1.54) is 22.3 Å². The lowest BCUT2D eigenvalue weighted by molar-refractivity contribution is 0.684. The van der Waals surface area contributed by atoms with Gasteiger partial charge >= 0.3 is 0 Å². The number of hydrogen-bond acceptors (Lipinski definition) is 6. The summed E-state index contributed by atoms with van der Waals surface area (Å²) in [4.78, 5) is 23.6. The van der Waals surface area contributed by atoms with Crippen LogP contribution in [0.1, 0.15) is 28.1 Å². The van der Waals surface area contributed by atoms with Crippen LogP contribution in [0.3, 0.4) is 0 Å². The largest absolute Gasteiger partial charge is 0.350 e. The number of rotatable bonds is 2. The van der Waals surface area contributed by atoms with Gasteiger partial charge in [-0.15, -0.1) is 5.10 Å². The van der Waals surface area contributed by atoms with Gasteiger partial charge < -0.3 is 4.90 Å². The van der Waals surface area contributed by atoms with Gasteiger partial charge in [0.05, 0.1) is 6.20 Å². The Hall–Kier alpha value is -3.55. The molecule has 0 spiro atoms. The molecule has 8 heteroatoms. The number of hydrogen-bond donors (Lipinski definition) is 0. The average Bonchev–Trinajstić information content (AvgIpc) is 3.09. The summed E-state index contributed by atoms with van der Waals surface area (Å²) in [5.41, 5.74) is 8.03. The van der Waals surface area contributed by atoms with Gasteiger partial charge in [-0.2, -0.15) is 9.61 Å². The van der Waals surface area contributed by atoms with Crippen LogP contribution in [-0.2, 0) is 20.0 Å². The summed E-state index contributed by atoms with van der Waals surface area (Å²) in [5.74, 6) is 0.823. The fourth-order valence-electron chi connectivity index (χ4n) is 4.10. The van der Waals surface area contributed by atoms with E-state index in [1.807, 2.05) is 38.0 Å². The molecular weight excluding hydrogens is 378 g/mol. The van der Waals surface area contributed by atoms with Crippen LogP contribution in [0.15, 0.2) is 35.5 Å². The lowest BCUT2D eigenvalue weighted by Gasteiger charge is -2.31. The molecule has 0 atom stereocenters. The van der Waals surface area contributed by atoms with Crippen LogP contribution < -0.4 is 10.5 Å². The van der Waals surface area contributed by atoms with Crippen LogP contribution in [0.4, 0.5) is 5.82 Å². The molecule has 4 aromatic rings. The standard InChI is InChI=1S/C22H23N7O/c1-13-14(2)22(26-29-20(30)5-7-23-21(13)29)28-8-6-19-17(12-28)9-16(10-24-19)18-11-25-27(4)15(18)3/h5,7,9-11H,6,8,12H2,1-4H3. The number of nitrogens with zero attached hydrogens (tertiary/aromatic N) is 7. The Bertz CT molecular complexity index is 1350. The van der Waals surface area contributed by atoms with E-state index in [-0.39, 0.29) is 5.56 Å². The maximum atomic E-state index is 12.3. The van der Waals surface area contributed by atoms with Crippen molar-refractivity contribution < 1.29 is 0 Å². The minimum Gasteiger partial charge on any atom is -0.350 e. The third kappa shape index (κ3) is 2.79. The Morgan fingerprint density at radius 3 is 2.67 bits per heavy atom. The second-order valence-corrected chi connectivity index (χ2v) is 7.86. The van der Waals surface area contributed by atoms with Gasteiger partial charge in [0, 0.05) is 78.7 Å². The van der Waals surface area contributed by atoms with Crippen LogP contribution in [0, 0.1) is 20.8 Å². The molecule has 0 aliphatic carbocycles. The maximum absolute atomic E-state index is 12.3. The molecule has 0 amide bonds. The Labute approximate surface area is 173 Å². The Balaban J connectivity index is 1.57. The summed E-state index contributed by atoms with van der Waals surface area (Å²) >= 11 is 0. The molecule has 0 saturated carbocycles. The van der Waals surface area contributed by atoms with Crippen molar-refractivity contribution in [2.45, 2.75) is 33.7 Å². The number of anilines is 1. The van der Waals surface area contributed by atoms with Gasteiger partial charge in [-0.05, 0) is 32.4 Å². The van der Waals surface area contributed by atoms with Gasteiger partial charge in [-0.3, -0.25) is 14.5 Å². The highest BCUT2D eigenvalue weighted by Crippen LogP contribution is 2.30. The molecule has 152 valence electrons. The topological polar surface area (TPSA) is 81.2 Å². The predicted molar refractivity (Wildman–Crippen MR) is 115 cm³/mol. The molecule has 1 aliphatic heterocycles. The van der Waals surface area contributed by atoms with E-state index in [9.17, 15) is 4.79 Å². The quantitative estimate of drug-likeness (QED) is 0.513. The van der Waals surface area contributed by atoms with Crippen molar-refractivity contribution in [1.29, 1.82) is 0 Å². The fraction of sp³-hybridized carbons (Fsp3) is 0.318. The number of aromatic nitrogens is 6. The van der Waals surface area contributed by atoms with Gasteiger partial charge in [0.2, 0.25) is 0 Å². The first-order chi connectivity index (χ1) is 14.4. The summed E-state index contributed by atoms with van der Waals surface area (Å²) < 4.78 is 3.28. The minimum absolute atomic E-state index is 0.169. The molecule has 4 aromatic heterocycles. The van der Waals surface area contributed by atoms with Gasteiger partial charge in [0.15, 0.2) is 11.5 Å². The van der Waals surface area contributed by atoms with Crippen molar-refractivity contribution in [3.8, 4) is 11.1 Å². The van der Waals surface area contributed by atoms with Crippen LogP contribution >= 0.6 is 0 Å². The molecular formula is C22H23N7O. The Kier molecular flexibility index (Phi) is 4.16. The summed E-state index contributed by atoms with van der Waals surface area (Å²) in [6.45, 7) is 7.60. The van der Waals surface area contributed by atoms with E-state index in [2.05, 4.69) is 33.1 Å². The van der Waals surface area contributed by atoms with Crippen molar-refractivity contribution in [1.82, 2.24) is 29.4 Å². The smallest absolute Gasteiger partial charge is 0.274 e. The highest BCUT2D eigenvalue weighted by molar-refractivity contribution is 5.66. The highest BCUT2D eigenvalue weighted by Gasteiger charge is 2.23. The lowest BCUT2D eigenvalue weighted by atomic mass is 10.00. The van der Waals surface area contributed by atoms with Crippen molar-refractivity contribution >= 4 is 11.5 Å². The minimum atomic E-state index is -0.169. The first kappa shape index (κ1) is 18.5. The number of pyridine rings is 1. The number of aryl methyl sites for hydroxylation is 2. The molecule has 8 nitrogen and oxygen atoms in total. The zero-order valence-electron chi connectivity index (χ0n) is 17.5. The molecule has 5 rings (SSSR count). The summed E-state index contributed by atoms with van der Waals surface area (Å²) in [7, 11) is 1.94. The van der Waals surface area contributed by atoms with Gasteiger partial charge in [0.1, 0.15) is 0 Å². The maximum Gasteiger partial charge on any atom is 0.274 e. The normalized spacial score (nSPS) is 13.7. The molecule has 0 N–H and O–H groups in total. The van der Waals surface area contributed by atoms with E-state index in [0.717, 1.165) is 52.4 Å². The van der Waals surface area contributed by atoms with E-state index < -0.39 is 0 Å². The molecule has 0 saturated heterocycles. The molecule has 30 heavy (non-hydrogen) atoms. The molecule has 1 aliphatic rings. The van der Waals surface area contributed by atoms with E-state index >= 15 is 0 Å². The van der Waals surface area contributed by atoms with E-state index in [0.29, 0.717) is 12.2 Å². The molecule has 0 unspecified atom stereocenters. The Morgan fingerprint density at radius 1 is 1.07 bits per heavy atom. The van der Waals surface area contributed by atoms with Crippen LogP contribution in [0.5, 0.6) is 0 Å². The van der Waals surface area contributed by atoms with Crippen LogP contribution in [0.25, 0.3) is 16.8 Å². The first-order valence-electron chi connectivity index (χ1n) is 10.0. The molecule has 5 heterocycles. The first-order valence-corrected chi connectivity index (χ1v) is 10.0. The van der Waals surface area contributed by atoms with Crippen molar-refractivity contribution in [2.24, 2.45) is 7.05 Å². The summed E-state index contributed by atoms with van der Waals surface area (Å²) in [6.07, 6.45) is 6.20. The van der Waals surface area contributed by atoms with Gasteiger partial charge in [-0.1, -0.05) is 0 Å². The molecule has 0 aromatic carbocycles. The zero-order chi connectivity index (χ0) is 21.0. The molecule has 0 radical (unpaired) electrons. The van der Waals surface area contributed by atoms with Crippen molar-refractivity contribution in [2.75, 3.05) is 11.4 Å². The van der Waals surface area contributed by atoms with E-state index in [4.69, 9.17) is 4.98 Å².